The van der Waals surface area contributed by atoms with E-state index in [-0.39, 0.29) is 25.7 Å². The van der Waals surface area contributed by atoms with E-state index in [0.717, 1.165) is 8.96 Å². The molecule has 0 N–H and O–H groups in total. The van der Waals surface area contributed by atoms with Crippen molar-refractivity contribution in [1.82, 2.24) is 9.54 Å². The van der Waals surface area contributed by atoms with E-state index in [1.165, 1.54) is 24.6 Å². The molecule has 10 heteroatoms. The molecule has 134 valence electrons. The number of nitrogens with zero attached hydrogens (tertiary/aromatic N) is 3. The number of carbonyl (C=O) groups excluding carboxylic acids is 3. The lowest BCUT2D eigenvalue weighted by Gasteiger charge is -2.30. The van der Waals surface area contributed by atoms with Crippen LogP contribution in [-0.4, -0.2) is 45.0 Å². The van der Waals surface area contributed by atoms with Crippen LogP contribution in [0.1, 0.15) is 31.4 Å². The van der Waals surface area contributed by atoms with Gasteiger partial charge in [-0.15, -0.1) is 5.06 Å². The van der Waals surface area contributed by atoms with Crippen molar-refractivity contribution in [2.75, 3.05) is 0 Å². The summed E-state index contributed by atoms with van der Waals surface area (Å²) in [6.07, 6.45) is 5.72. The zero-order chi connectivity index (χ0) is 18.5. The number of rotatable bonds is 4. The maximum absolute atomic E-state index is 14.6. The van der Waals surface area contributed by atoms with Crippen molar-refractivity contribution in [2.45, 2.75) is 25.7 Å². The zero-order valence-electron chi connectivity index (χ0n) is 13.6. The molecule has 0 radical (unpaired) electrons. The molecule has 0 atom stereocenters. The van der Waals surface area contributed by atoms with Gasteiger partial charge in [0, 0.05) is 36.3 Å². The minimum Gasteiger partial charge on any atom is -0.396 e. The van der Waals surface area contributed by atoms with Gasteiger partial charge in [-0.25, -0.2) is 4.79 Å². The van der Waals surface area contributed by atoms with Gasteiger partial charge in [0.05, 0.1) is 6.42 Å². The number of amides is 2. The molecule has 2 amide bonds. The standard InChI is InChI=1S/C16H14BF2N3O4/c18-17(19)20-9-1-3-12(20)11(13-4-2-10-21(13)17)5-8-16(25)26-22-14(23)6-7-15(22)24/h1-4,9-10H,5-8H2. The van der Waals surface area contributed by atoms with E-state index in [2.05, 4.69) is 0 Å². The Morgan fingerprint density at radius 2 is 2.00 bits per heavy atom. The molecule has 7 nitrogen and oxygen atoms in total. The zero-order valence-corrected chi connectivity index (χ0v) is 13.6. The molecule has 1 fully saturated rings. The van der Waals surface area contributed by atoms with Crippen molar-refractivity contribution >= 4 is 36.5 Å². The van der Waals surface area contributed by atoms with Gasteiger partial charge in [-0.05, 0) is 24.8 Å². The van der Waals surface area contributed by atoms with E-state index in [0.29, 0.717) is 22.0 Å². The number of imide groups is 1. The van der Waals surface area contributed by atoms with E-state index in [4.69, 9.17) is 4.84 Å². The molecule has 4 rings (SSSR count). The Bertz CT molecular complexity index is 916. The van der Waals surface area contributed by atoms with Crippen LogP contribution in [0.2, 0.25) is 0 Å². The monoisotopic (exact) mass is 361 g/mol. The maximum atomic E-state index is 14.6. The summed E-state index contributed by atoms with van der Waals surface area (Å²) in [5.74, 6) is -1.88. The highest BCUT2D eigenvalue weighted by molar-refractivity contribution is 6.57. The molecule has 1 saturated heterocycles. The fourth-order valence-corrected chi connectivity index (χ4v) is 3.39. The van der Waals surface area contributed by atoms with Gasteiger partial charge in [0.2, 0.25) is 0 Å². The van der Waals surface area contributed by atoms with Crippen LogP contribution < -0.4 is 0 Å². The van der Waals surface area contributed by atoms with Crippen LogP contribution in [0.25, 0.3) is 5.57 Å². The Morgan fingerprint density at radius 3 is 2.73 bits per heavy atom. The first kappa shape index (κ1) is 16.4. The minimum absolute atomic E-state index is 0.0156. The summed E-state index contributed by atoms with van der Waals surface area (Å²) >= 11 is 0. The van der Waals surface area contributed by atoms with Gasteiger partial charge in [0.25, 0.3) is 11.8 Å². The van der Waals surface area contributed by atoms with Gasteiger partial charge in [-0.1, -0.05) is 0 Å². The van der Waals surface area contributed by atoms with E-state index in [9.17, 15) is 23.0 Å². The molecule has 0 spiro atoms. The SMILES string of the molecule is O=C(CCC1=C2C=CC=[N+]2[B-](F)(F)n2cccc21)ON1C(=O)CCC1=O. The Kier molecular flexibility index (Phi) is 3.64. The lowest BCUT2D eigenvalue weighted by molar-refractivity contribution is -0.356. The fourth-order valence-electron chi connectivity index (χ4n) is 3.39. The Morgan fingerprint density at radius 1 is 1.27 bits per heavy atom. The summed E-state index contributed by atoms with van der Waals surface area (Å²) in [6, 6.07) is 3.09. The number of carbonyl (C=O) groups is 3. The average molecular weight is 361 g/mol. The van der Waals surface area contributed by atoms with Crippen molar-refractivity contribution < 1.29 is 32.3 Å². The molecule has 0 aromatic carbocycles. The number of fused-ring (bicyclic) bond motifs is 2. The van der Waals surface area contributed by atoms with Crippen LogP contribution in [0, 0.1) is 0 Å². The fraction of sp³-hybridized carbons (Fsp3) is 0.250. The average Bonchev–Trinajstić information content (AvgIpc) is 3.32. The van der Waals surface area contributed by atoms with Gasteiger partial charge >= 0.3 is 12.9 Å². The van der Waals surface area contributed by atoms with Crippen LogP contribution in [0.3, 0.4) is 0 Å². The van der Waals surface area contributed by atoms with Gasteiger partial charge < -0.3 is 22.4 Å². The number of hydroxylamine groups is 2. The van der Waals surface area contributed by atoms with E-state index in [1.807, 2.05) is 0 Å². The van der Waals surface area contributed by atoms with E-state index < -0.39 is 24.8 Å². The normalized spacial score (nSPS) is 20.4. The number of hydrogen-bond donors (Lipinski definition) is 0. The maximum Gasteiger partial charge on any atom is 0.736 e. The van der Waals surface area contributed by atoms with Crippen LogP contribution in [-0.2, 0) is 19.2 Å². The molecular formula is C16H14BF2N3O4. The second kappa shape index (κ2) is 5.75. The molecule has 3 aliphatic heterocycles. The highest BCUT2D eigenvalue weighted by atomic mass is 19.2. The summed E-state index contributed by atoms with van der Waals surface area (Å²) in [5, 5.41) is 0.483. The third-order valence-electron chi connectivity index (χ3n) is 4.62. The first-order valence-corrected chi connectivity index (χ1v) is 8.19. The molecular weight excluding hydrogens is 347 g/mol. The summed E-state index contributed by atoms with van der Waals surface area (Å²) in [5.41, 5.74) is 1.24. The van der Waals surface area contributed by atoms with Crippen molar-refractivity contribution in [3.05, 3.63) is 41.9 Å². The van der Waals surface area contributed by atoms with Gasteiger partial charge in [0.15, 0.2) is 5.70 Å². The quantitative estimate of drug-likeness (QED) is 0.602. The smallest absolute Gasteiger partial charge is 0.396 e. The largest absolute Gasteiger partial charge is 0.736 e. The minimum atomic E-state index is -3.98. The molecule has 0 unspecified atom stereocenters. The molecule has 26 heavy (non-hydrogen) atoms. The van der Waals surface area contributed by atoms with Crippen molar-refractivity contribution in [1.29, 1.82) is 0 Å². The van der Waals surface area contributed by atoms with Crippen LogP contribution >= 0.6 is 0 Å². The Balaban J connectivity index is 1.54. The van der Waals surface area contributed by atoms with Crippen LogP contribution in [0.4, 0.5) is 8.63 Å². The predicted molar refractivity (Wildman–Crippen MR) is 86.6 cm³/mol. The van der Waals surface area contributed by atoms with E-state index >= 15 is 0 Å². The second-order valence-electron chi connectivity index (χ2n) is 6.21. The highest BCUT2D eigenvalue weighted by Gasteiger charge is 2.51. The van der Waals surface area contributed by atoms with Gasteiger partial charge in [0.1, 0.15) is 6.21 Å². The summed E-state index contributed by atoms with van der Waals surface area (Å²) in [6.45, 7) is -3.98. The lowest BCUT2D eigenvalue weighted by Crippen LogP contribution is -2.49. The number of allylic oxidation sites excluding steroid dienone is 3. The first-order valence-electron chi connectivity index (χ1n) is 8.19. The number of halogens is 2. The Hall–Kier alpha value is -3.04. The summed E-state index contributed by atoms with van der Waals surface area (Å²) in [7, 11) is 0. The molecule has 1 aromatic heterocycles. The molecule has 3 aliphatic rings. The van der Waals surface area contributed by atoms with E-state index in [1.54, 1.807) is 12.1 Å². The van der Waals surface area contributed by atoms with Crippen LogP contribution in [0.5, 0.6) is 0 Å². The molecule has 0 aliphatic carbocycles. The van der Waals surface area contributed by atoms with Crippen molar-refractivity contribution in [3.8, 4) is 0 Å². The third-order valence-corrected chi connectivity index (χ3v) is 4.62. The molecule has 0 saturated carbocycles. The summed E-state index contributed by atoms with van der Waals surface area (Å²) in [4.78, 5) is 39.8. The molecule has 1 aromatic rings. The number of hydrogen-bond acceptors (Lipinski definition) is 4. The number of aromatic nitrogens is 1. The lowest BCUT2D eigenvalue weighted by atomic mass is 9.87. The molecule has 4 heterocycles. The molecule has 0 bridgehead atoms. The van der Waals surface area contributed by atoms with Crippen LogP contribution in [0.15, 0.2) is 36.2 Å². The Labute approximate surface area is 146 Å². The van der Waals surface area contributed by atoms with Crippen molar-refractivity contribution in [3.63, 3.8) is 0 Å². The predicted octanol–water partition coefficient (Wildman–Crippen LogP) is 1.48. The third kappa shape index (κ3) is 2.40. The highest BCUT2D eigenvalue weighted by Crippen LogP contribution is 2.36. The summed E-state index contributed by atoms with van der Waals surface area (Å²) < 4.78 is 31.0. The van der Waals surface area contributed by atoms with Crippen molar-refractivity contribution in [2.24, 2.45) is 0 Å². The first-order chi connectivity index (χ1) is 12.4. The topological polar surface area (TPSA) is 71.6 Å². The van der Waals surface area contributed by atoms with Gasteiger partial charge in [-0.2, -0.15) is 0 Å². The second-order valence-corrected chi connectivity index (χ2v) is 6.21. The van der Waals surface area contributed by atoms with Gasteiger partial charge in [-0.3, -0.25) is 9.59 Å².